The van der Waals surface area contributed by atoms with Crippen molar-refractivity contribution in [2.45, 2.75) is 13.0 Å². The first-order chi connectivity index (χ1) is 10.6. The fraction of sp³-hybridized carbons (Fsp3) is 0.167. The van der Waals surface area contributed by atoms with Crippen molar-refractivity contribution in [1.29, 1.82) is 0 Å². The molecule has 2 amide bonds. The molecule has 112 valence electrons. The molecule has 1 atom stereocenters. The van der Waals surface area contributed by atoms with E-state index in [9.17, 15) is 9.90 Å². The van der Waals surface area contributed by atoms with Gasteiger partial charge >= 0.3 is 6.03 Å². The van der Waals surface area contributed by atoms with Crippen LogP contribution < -0.4 is 10.6 Å². The summed E-state index contributed by atoms with van der Waals surface area (Å²) >= 11 is 0. The van der Waals surface area contributed by atoms with Crippen LogP contribution in [-0.4, -0.2) is 17.7 Å². The lowest BCUT2D eigenvalue weighted by Gasteiger charge is -2.15. The molecule has 0 fully saturated rings. The maximum atomic E-state index is 11.8. The first kappa shape index (κ1) is 15.6. The maximum Gasteiger partial charge on any atom is 0.319 e. The fourth-order valence-corrected chi connectivity index (χ4v) is 2.12. The van der Waals surface area contributed by atoms with E-state index in [1.807, 2.05) is 31.2 Å². The number of aliphatic hydroxyl groups excluding tert-OH is 1. The number of nitrogens with one attached hydrogen (secondary N) is 2. The number of aryl methyl sites for hydroxylation is 1. The molecule has 0 saturated carbocycles. The molecule has 0 aliphatic carbocycles. The standard InChI is InChI=1S/C18H18N2O2/c1-3-14-8-6-9-15(11-14)20-18(22)19-12-17(21)16-10-5-4-7-13(16)2/h1,4-11,17,21H,12H2,2H3,(H2,19,20,22). The van der Waals surface area contributed by atoms with Crippen molar-refractivity contribution in [2.75, 3.05) is 11.9 Å². The van der Waals surface area contributed by atoms with Gasteiger partial charge in [-0.25, -0.2) is 4.79 Å². The Bertz CT molecular complexity index is 704. The Morgan fingerprint density at radius 2 is 2.05 bits per heavy atom. The van der Waals surface area contributed by atoms with Crippen LogP contribution in [0.5, 0.6) is 0 Å². The molecule has 4 nitrogen and oxygen atoms in total. The number of urea groups is 1. The van der Waals surface area contributed by atoms with E-state index in [1.54, 1.807) is 24.3 Å². The van der Waals surface area contributed by atoms with Crippen molar-refractivity contribution in [1.82, 2.24) is 5.32 Å². The topological polar surface area (TPSA) is 61.4 Å². The third-order valence-corrected chi connectivity index (χ3v) is 3.29. The van der Waals surface area contributed by atoms with Crippen LogP contribution in [0, 0.1) is 19.3 Å². The van der Waals surface area contributed by atoms with Crippen LogP contribution in [0.2, 0.25) is 0 Å². The number of carbonyl (C=O) groups is 1. The molecule has 2 aromatic carbocycles. The Labute approximate surface area is 130 Å². The van der Waals surface area contributed by atoms with Gasteiger partial charge in [-0.05, 0) is 36.2 Å². The summed E-state index contributed by atoms with van der Waals surface area (Å²) in [6, 6.07) is 14.1. The highest BCUT2D eigenvalue weighted by Crippen LogP contribution is 2.16. The third kappa shape index (κ3) is 4.11. The van der Waals surface area contributed by atoms with Gasteiger partial charge in [0.15, 0.2) is 0 Å². The average molecular weight is 294 g/mol. The molecule has 22 heavy (non-hydrogen) atoms. The number of rotatable bonds is 4. The van der Waals surface area contributed by atoms with Crippen LogP contribution in [0.1, 0.15) is 22.8 Å². The monoisotopic (exact) mass is 294 g/mol. The predicted molar refractivity (Wildman–Crippen MR) is 87.5 cm³/mol. The minimum atomic E-state index is -0.746. The average Bonchev–Trinajstić information content (AvgIpc) is 2.53. The van der Waals surface area contributed by atoms with Crippen LogP contribution in [-0.2, 0) is 0 Å². The van der Waals surface area contributed by atoms with E-state index in [2.05, 4.69) is 16.6 Å². The molecule has 0 aliphatic rings. The summed E-state index contributed by atoms with van der Waals surface area (Å²) in [5.41, 5.74) is 3.09. The van der Waals surface area contributed by atoms with E-state index >= 15 is 0 Å². The minimum absolute atomic E-state index is 0.130. The second-order valence-electron chi connectivity index (χ2n) is 4.93. The van der Waals surface area contributed by atoms with Gasteiger partial charge in [-0.2, -0.15) is 0 Å². The molecule has 3 N–H and O–H groups in total. The zero-order chi connectivity index (χ0) is 15.9. The summed E-state index contributed by atoms with van der Waals surface area (Å²) in [6.45, 7) is 2.05. The molecule has 0 aliphatic heterocycles. The van der Waals surface area contributed by atoms with E-state index in [4.69, 9.17) is 6.42 Å². The highest BCUT2D eigenvalue weighted by Gasteiger charge is 2.11. The summed E-state index contributed by atoms with van der Waals surface area (Å²) < 4.78 is 0. The number of terminal acetylenes is 1. The minimum Gasteiger partial charge on any atom is -0.387 e. The zero-order valence-electron chi connectivity index (χ0n) is 12.3. The van der Waals surface area contributed by atoms with Crippen molar-refractivity contribution < 1.29 is 9.90 Å². The van der Waals surface area contributed by atoms with Crippen molar-refractivity contribution in [3.63, 3.8) is 0 Å². The van der Waals surface area contributed by atoms with Crippen LogP contribution >= 0.6 is 0 Å². The summed E-state index contributed by atoms with van der Waals surface area (Å²) in [5, 5.41) is 15.5. The predicted octanol–water partition coefficient (Wildman–Crippen LogP) is 2.83. The lowest BCUT2D eigenvalue weighted by molar-refractivity contribution is 0.174. The highest BCUT2D eigenvalue weighted by atomic mass is 16.3. The molecular weight excluding hydrogens is 276 g/mol. The Morgan fingerprint density at radius 1 is 1.27 bits per heavy atom. The number of benzene rings is 2. The van der Waals surface area contributed by atoms with Gasteiger partial charge in [0.1, 0.15) is 0 Å². The summed E-state index contributed by atoms with van der Waals surface area (Å²) in [7, 11) is 0. The number of anilines is 1. The van der Waals surface area contributed by atoms with E-state index in [1.165, 1.54) is 0 Å². The Balaban J connectivity index is 1.90. The Hall–Kier alpha value is -2.77. The number of amides is 2. The Morgan fingerprint density at radius 3 is 2.77 bits per heavy atom. The van der Waals surface area contributed by atoms with E-state index in [0.29, 0.717) is 11.3 Å². The van der Waals surface area contributed by atoms with Gasteiger partial charge in [0.05, 0.1) is 6.10 Å². The zero-order valence-corrected chi connectivity index (χ0v) is 12.3. The smallest absolute Gasteiger partial charge is 0.319 e. The second kappa shape index (κ2) is 7.30. The molecule has 2 aromatic rings. The van der Waals surface area contributed by atoms with E-state index in [0.717, 1.165) is 11.1 Å². The normalized spacial score (nSPS) is 11.3. The summed E-state index contributed by atoms with van der Waals surface area (Å²) in [4.78, 5) is 11.8. The fourth-order valence-electron chi connectivity index (χ4n) is 2.12. The van der Waals surface area contributed by atoms with Crippen molar-refractivity contribution >= 4 is 11.7 Å². The number of carbonyl (C=O) groups excluding carboxylic acids is 1. The van der Waals surface area contributed by atoms with Crippen LogP contribution in [0.25, 0.3) is 0 Å². The molecule has 4 heteroatoms. The summed E-state index contributed by atoms with van der Waals surface area (Å²) in [6.07, 6.45) is 4.57. The van der Waals surface area contributed by atoms with Crippen molar-refractivity contribution in [3.8, 4) is 12.3 Å². The number of hydrogen-bond donors (Lipinski definition) is 3. The first-order valence-corrected chi connectivity index (χ1v) is 6.95. The van der Waals surface area contributed by atoms with Gasteiger partial charge in [0.2, 0.25) is 0 Å². The van der Waals surface area contributed by atoms with Crippen molar-refractivity contribution in [3.05, 3.63) is 65.2 Å². The molecule has 0 aromatic heterocycles. The molecule has 0 radical (unpaired) electrons. The SMILES string of the molecule is C#Cc1cccc(NC(=O)NCC(O)c2ccccc2C)c1. The molecule has 0 saturated heterocycles. The van der Waals surface area contributed by atoms with E-state index < -0.39 is 6.10 Å². The highest BCUT2D eigenvalue weighted by molar-refractivity contribution is 5.89. The maximum absolute atomic E-state index is 11.8. The first-order valence-electron chi connectivity index (χ1n) is 6.95. The third-order valence-electron chi connectivity index (χ3n) is 3.29. The molecule has 2 rings (SSSR count). The largest absolute Gasteiger partial charge is 0.387 e. The second-order valence-corrected chi connectivity index (χ2v) is 4.93. The van der Waals surface area contributed by atoms with Crippen molar-refractivity contribution in [2.24, 2.45) is 0 Å². The van der Waals surface area contributed by atoms with Gasteiger partial charge in [-0.3, -0.25) is 0 Å². The van der Waals surface area contributed by atoms with Gasteiger partial charge < -0.3 is 15.7 Å². The van der Waals surface area contributed by atoms with Crippen LogP contribution in [0.15, 0.2) is 48.5 Å². The van der Waals surface area contributed by atoms with Crippen LogP contribution in [0.3, 0.4) is 0 Å². The van der Waals surface area contributed by atoms with Gasteiger partial charge in [-0.15, -0.1) is 6.42 Å². The molecule has 0 spiro atoms. The number of hydrogen-bond acceptors (Lipinski definition) is 2. The van der Waals surface area contributed by atoms with Gasteiger partial charge in [0.25, 0.3) is 0 Å². The molecule has 1 unspecified atom stereocenters. The molecule has 0 bridgehead atoms. The summed E-state index contributed by atoms with van der Waals surface area (Å²) in [5.74, 6) is 2.51. The lowest BCUT2D eigenvalue weighted by atomic mass is 10.0. The van der Waals surface area contributed by atoms with E-state index in [-0.39, 0.29) is 12.6 Å². The van der Waals surface area contributed by atoms with Gasteiger partial charge in [-0.1, -0.05) is 36.3 Å². The molecular formula is C18H18N2O2. The lowest BCUT2D eigenvalue weighted by Crippen LogP contribution is -2.32. The van der Waals surface area contributed by atoms with Gasteiger partial charge in [0, 0.05) is 17.8 Å². The van der Waals surface area contributed by atoms with Crippen LogP contribution in [0.4, 0.5) is 10.5 Å². The Kier molecular flexibility index (Phi) is 5.18. The number of aliphatic hydroxyl groups is 1. The quantitative estimate of drug-likeness (QED) is 0.759. The molecule has 0 heterocycles.